The SMILES string of the molecule is CC(C)c1cccc(O[C@@H]2CCN(C(=O)CNc3ccc(Cl)cc3)C[C@H]2O)c1. The minimum absolute atomic E-state index is 0.0470. The smallest absolute Gasteiger partial charge is 0.241 e. The maximum absolute atomic E-state index is 12.5. The van der Waals surface area contributed by atoms with Gasteiger partial charge in [-0.2, -0.15) is 0 Å². The van der Waals surface area contributed by atoms with Crippen LogP contribution in [0.1, 0.15) is 31.7 Å². The van der Waals surface area contributed by atoms with Crippen LogP contribution >= 0.6 is 11.6 Å². The molecule has 5 nitrogen and oxygen atoms in total. The predicted molar refractivity (Wildman–Crippen MR) is 112 cm³/mol. The highest BCUT2D eigenvalue weighted by Crippen LogP contribution is 2.24. The Hall–Kier alpha value is -2.24. The van der Waals surface area contributed by atoms with Gasteiger partial charge in [-0.05, 0) is 47.9 Å². The molecule has 1 heterocycles. The molecule has 1 amide bonds. The number of nitrogens with zero attached hydrogens (tertiary/aromatic N) is 1. The summed E-state index contributed by atoms with van der Waals surface area (Å²) in [4.78, 5) is 14.1. The summed E-state index contributed by atoms with van der Waals surface area (Å²) in [5.74, 6) is 1.13. The van der Waals surface area contributed by atoms with E-state index in [-0.39, 0.29) is 25.1 Å². The number of carbonyl (C=O) groups excluding carboxylic acids is 1. The maximum atomic E-state index is 12.5. The number of hydrogen-bond donors (Lipinski definition) is 2. The van der Waals surface area contributed by atoms with Crippen LogP contribution in [0.5, 0.6) is 5.75 Å². The van der Waals surface area contributed by atoms with E-state index in [0.29, 0.717) is 23.9 Å². The second kappa shape index (κ2) is 9.30. The van der Waals surface area contributed by atoms with E-state index in [1.165, 1.54) is 5.56 Å². The number of nitrogens with one attached hydrogen (secondary N) is 1. The van der Waals surface area contributed by atoms with Crippen LogP contribution < -0.4 is 10.1 Å². The lowest BCUT2D eigenvalue weighted by Gasteiger charge is -2.36. The van der Waals surface area contributed by atoms with Gasteiger partial charge in [-0.1, -0.05) is 37.6 Å². The zero-order valence-corrected chi connectivity index (χ0v) is 17.0. The molecule has 1 saturated heterocycles. The van der Waals surface area contributed by atoms with E-state index in [1.54, 1.807) is 17.0 Å². The van der Waals surface area contributed by atoms with Gasteiger partial charge in [-0.25, -0.2) is 0 Å². The Morgan fingerprint density at radius 1 is 1.29 bits per heavy atom. The molecular weight excluding hydrogens is 376 g/mol. The molecule has 1 aliphatic heterocycles. The summed E-state index contributed by atoms with van der Waals surface area (Å²) in [6.45, 7) is 5.28. The van der Waals surface area contributed by atoms with Crippen LogP contribution in [0.3, 0.4) is 0 Å². The summed E-state index contributed by atoms with van der Waals surface area (Å²) in [5, 5.41) is 14.2. The first-order valence-electron chi connectivity index (χ1n) is 9.64. The van der Waals surface area contributed by atoms with Gasteiger partial charge in [0, 0.05) is 23.7 Å². The van der Waals surface area contributed by atoms with Crippen molar-refractivity contribution in [2.45, 2.75) is 38.4 Å². The number of β-amino-alcohol motifs (C(OH)–C–C–N with tert-alkyl or cyclic N) is 1. The number of aliphatic hydroxyl groups is 1. The van der Waals surface area contributed by atoms with Crippen LogP contribution in [0, 0.1) is 0 Å². The van der Waals surface area contributed by atoms with Crippen molar-refractivity contribution in [3.63, 3.8) is 0 Å². The van der Waals surface area contributed by atoms with Crippen molar-refractivity contribution in [3.8, 4) is 5.75 Å². The topological polar surface area (TPSA) is 61.8 Å². The third-order valence-corrected chi connectivity index (χ3v) is 5.22. The summed E-state index contributed by atoms with van der Waals surface area (Å²) in [6, 6.07) is 15.2. The van der Waals surface area contributed by atoms with Gasteiger partial charge in [-0.3, -0.25) is 4.79 Å². The molecule has 28 heavy (non-hydrogen) atoms. The average Bonchev–Trinajstić information content (AvgIpc) is 2.69. The molecule has 0 bridgehead atoms. The monoisotopic (exact) mass is 402 g/mol. The molecular formula is C22H27ClN2O3. The van der Waals surface area contributed by atoms with E-state index in [0.717, 1.165) is 11.4 Å². The quantitative estimate of drug-likeness (QED) is 0.768. The highest BCUT2D eigenvalue weighted by atomic mass is 35.5. The first kappa shape index (κ1) is 20.5. The molecule has 2 aromatic carbocycles. The minimum Gasteiger partial charge on any atom is -0.488 e. The zero-order valence-electron chi connectivity index (χ0n) is 16.3. The molecule has 0 spiro atoms. The Balaban J connectivity index is 1.50. The van der Waals surface area contributed by atoms with Gasteiger partial charge < -0.3 is 20.1 Å². The van der Waals surface area contributed by atoms with Gasteiger partial charge >= 0.3 is 0 Å². The normalized spacial score (nSPS) is 19.5. The van der Waals surface area contributed by atoms with Gasteiger partial charge in [0.05, 0.1) is 13.1 Å². The predicted octanol–water partition coefficient (Wildman–Crippen LogP) is 3.92. The molecule has 2 atom stereocenters. The molecule has 2 N–H and O–H groups in total. The van der Waals surface area contributed by atoms with Crippen LogP contribution in [-0.2, 0) is 4.79 Å². The van der Waals surface area contributed by atoms with Crippen LogP contribution in [0.15, 0.2) is 48.5 Å². The number of ether oxygens (including phenoxy) is 1. The number of carbonyl (C=O) groups is 1. The van der Waals surface area contributed by atoms with E-state index in [1.807, 2.05) is 30.3 Å². The number of amides is 1. The van der Waals surface area contributed by atoms with E-state index >= 15 is 0 Å². The van der Waals surface area contributed by atoms with Gasteiger partial charge in [0.25, 0.3) is 0 Å². The minimum atomic E-state index is -0.712. The van der Waals surface area contributed by atoms with Gasteiger partial charge in [0.2, 0.25) is 5.91 Å². The summed E-state index contributed by atoms with van der Waals surface area (Å²) in [7, 11) is 0. The van der Waals surface area contributed by atoms with Crippen molar-refractivity contribution in [1.29, 1.82) is 0 Å². The van der Waals surface area contributed by atoms with Crippen molar-refractivity contribution in [2.75, 3.05) is 25.0 Å². The highest BCUT2D eigenvalue weighted by molar-refractivity contribution is 6.30. The first-order valence-corrected chi connectivity index (χ1v) is 10.0. The Morgan fingerprint density at radius 2 is 2.04 bits per heavy atom. The number of likely N-dealkylation sites (tertiary alicyclic amines) is 1. The third kappa shape index (κ3) is 5.40. The molecule has 2 aromatic rings. The fourth-order valence-electron chi connectivity index (χ4n) is 3.25. The summed E-state index contributed by atoms with van der Waals surface area (Å²) in [6.07, 6.45) is -0.425. The van der Waals surface area contributed by atoms with Crippen LogP contribution in [0.25, 0.3) is 0 Å². The Kier molecular flexibility index (Phi) is 6.81. The summed E-state index contributed by atoms with van der Waals surface area (Å²) in [5.41, 5.74) is 2.04. The molecule has 6 heteroatoms. The number of halogens is 1. The number of anilines is 1. The Morgan fingerprint density at radius 3 is 2.71 bits per heavy atom. The molecule has 150 valence electrons. The van der Waals surface area contributed by atoms with E-state index in [9.17, 15) is 9.90 Å². The van der Waals surface area contributed by atoms with Crippen molar-refractivity contribution in [2.24, 2.45) is 0 Å². The lowest BCUT2D eigenvalue weighted by atomic mass is 10.0. The molecule has 0 aliphatic carbocycles. The van der Waals surface area contributed by atoms with Crippen molar-refractivity contribution in [1.82, 2.24) is 4.90 Å². The van der Waals surface area contributed by atoms with Crippen LogP contribution in [-0.4, -0.2) is 47.8 Å². The standard InChI is InChI=1S/C22H27ClN2O3/c1-15(2)16-4-3-5-19(12-16)28-21-10-11-25(14-20(21)26)22(27)13-24-18-8-6-17(23)7-9-18/h3-9,12,15,20-21,24,26H,10-11,13-14H2,1-2H3/t20-,21-/m1/s1. The second-order valence-electron chi connectivity index (χ2n) is 7.44. The number of benzene rings is 2. The second-order valence-corrected chi connectivity index (χ2v) is 7.88. The largest absolute Gasteiger partial charge is 0.488 e. The fourth-order valence-corrected chi connectivity index (χ4v) is 3.38. The zero-order chi connectivity index (χ0) is 20.1. The molecule has 0 radical (unpaired) electrons. The van der Waals surface area contributed by atoms with Crippen LogP contribution in [0.2, 0.25) is 5.02 Å². The third-order valence-electron chi connectivity index (χ3n) is 4.97. The Bertz CT molecular complexity index is 795. The average molecular weight is 403 g/mol. The van der Waals surface area contributed by atoms with E-state index in [4.69, 9.17) is 16.3 Å². The lowest BCUT2D eigenvalue weighted by Crippen LogP contribution is -2.52. The summed E-state index contributed by atoms with van der Waals surface area (Å²) < 4.78 is 6.01. The molecule has 0 unspecified atom stereocenters. The molecule has 1 fully saturated rings. The Labute approximate surface area is 171 Å². The van der Waals surface area contributed by atoms with Crippen LogP contribution in [0.4, 0.5) is 5.69 Å². The van der Waals surface area contributed by atoms with Gasteiger partial charge in [0.1, 0.15) is 18.0 Å². The number of rotatable bonds is 6. The van der Waals surface area contributed by atoms with Crippen molar-refractivity contribution in [3.05, 3.63) is 59.1 Å². The molecule has 3 rings (SSSR count). The fraction of sp³-hybridized carbons (Fsp3) is 0.409. The van der Waals surface area contributed by atoms with E-state index in [2.05, 4.69) is 25.2 Å². The maximum Gasteiger partial charge on any atom is 0.241 e. The van der Waals surface area contributed by atoms with Gasteiger partial charge in [-0.15, -0.1) is 0 Å². The van der Waals surface area contributed by atoms with Crippen molar-refractivity contribution < 1.29 is 14.6 Å². The number of aliphatic hydroxyl groups excluding tert-OH is 1. The number of hydrogen-bond acceptors (Lipinski definition) is 4. The molecule has 1 aliphatic rings. The molecule has 0 saturated carbocycles. The molecule has 0 aromatic heterocycles. The summed E-state index contributed by atoms with van der Waals surface area (Å²) >= 11 is 5.87. The highest BCUT2D eigenvalue weighted by Gasteiger charge is 2.31. The van der Waals surface area contributed by atoms with Crippen molar-refractivity contribution >= 4 is 23.2 Å². The van der Waals surface area contributed by atoms with E-state index < -0.39 is 6.10 Å². The number of piperidine rings is 1. The first-order chi connectivity index (χ1) is 13.4. The van der Waals surface area contributed by atoms with Gasteiger partial charge in [0.15, 0.2) is 0 Å². The lowest BCUT2D eigenvalue weighted by molar-refractivity contribution is -0.135.